The Labute approximate surface area is 55.0 Å². The fourth-order valence-electron chi connectivity index (χ4n) is 1.52. The van der Waals surface area contributed by atoms with Crippen molar-refractivity contribution in [2.45, 2.75) is 19.8 Å². The van der Waals surface area contributed by atoms with Gasteiger partial charge in [0.2, 0.25) is 0 Å². The van der Waals surface area contributed by atoms with Gasteiger partial charge in [-0.25, -0.2) is 0 Å². The second kappa shape index (κ2) is 1.65. The average molecular weight is 122 g/mol. The Morgan fingerprint density at radius 2 is 2.56 bits per heavy atom. The highest BCUT2D eigenvalue weighted by Gasteiger charge is 2.26. The van der Waals surface area contributed by atoms with Crippen LogP contribution in [0, 0.1) is 5.92 Å². The van der Waals surface area contributed by atoms with Crippen LogP contribution in [0.4, 0.5) is 0 Å². The first-order valence-electron chi connectivity index (χ1n) is 3.45. The number of hydrogen-bond acceptors (Lipinski definition) is 1. The Hall–Kier alpha value is -0.680. The number of allylic oxidation sites excluding steroid dienone is 1. The topological polar surface area (TPSA) is 9.23 Å². The van der Waals surface area contributed by atoms with Crippen molar-refractivity contribution in [3.8, 4) is 0 Å². The zero-order valence-electron chi connectivity index (χ0n) is 5.61. The van der Waals surface area contributed by atoms with Gasteiger partial charge in [-0.1, -0.05) is 5.73 Å². The molecule has 1 aliphatic carbocycles. The van der Waals surface area contributed by atoms with Crippen LogP contribution in [-0.2, 0) is 4.74 Å². The molecule has 48 valence electrons. The summed E-state index contributed by atoms with van der Waals surface area (Å²) in [6, 6.07) is 0. The van der Waals surface area contributed by atoms with E-state index in [0.717, 1.165) is 12.4 Å². The molecule has 1 fully saturated rings. The number of ether oxygens (including phenoxy) is 1. The summed E-state index contributed by atoms with van der Waals surface area (Å²) in [7, 11) is 0. The average Bonchev–Trinajstić information content (AvgIpc) is 2.22. The van der Waals surface area contributed by atoms with Gasteiger partial charge in [-0.05, 0) is 25.3 Å². The molecule has 1 heteroatoms. The summed E-state index contributed by atoms with van der Waals surface area (Å²) in [5, 5.41) is 0. The second-order valence-corrected chi connectivity index (χ2v) is 2.81. The highest BCUT2D eigenvalue weighted by molar-refractivity contribution is 5.17. The Morgan fingerprint density at radius 1 is 1.67 bits per heavy atom. The van der Waals surface area contributed by atoms with E-state index in [1.165, 1.54) is 18.4 Å². The molecule has 0 bridgehead atoms. The Balaban J connectivity index is 2.32. The number of rotatable bonds is 0. The molecular weight excluding hydrogens is 112 g/mol. The normalized spacial score (nSPS) is 31.0. The van der Waals surface area contributed by atoms with Gasteiger partial charge in [-0.15, -0.1) is 0 Å². The third kappa shape index (κ3) is 0.691. The molecule has 1 aliphatic heterocycles. The summed E-state index contributed by atoms with van der Waals surface area (Å²) < 4.78 is 5.33. The molecule has 1 saturated heterocycles. The lowest BCUT2D eigenvalue weighted by Crippen LogP contribution is -1.90. The molecule has 1 nitrogen and oxygen atoms in total. The van der Waals surface area contributed by atoms with Gasteiger partial charge in [0.25, 0.3) is 0 Å². The lowest BCUT2D eigenvalue weighted by molar-refractivity contribution is 0.261. The lowest BCUT2D eigenvalue weighted by Gasteiger charge is -1.97. The van der Waals surface area contributed by atoms with E-state index < -0.39 is 0 Å². The standard InChI is InChI=1S/C8H10O/c1-6-4-7-2-3-9-8(7)5-6/h7H,2-4H2,1H3. The molecule has 0 amide bonds. The lowest BCUT2D eigenvalue weighted by atomic mass is 10.0. The zero-order chi connectivity index (χ0) is 6.27. The van der Waals surface area contributed by atoms with Crippen LogP contribution in [0.15, 0.2) is 17.1 Å². The monoisotopic (exact) mass is 122 g/mol. The van der Waals surface area contributed by atoms with E-state index in [1.807, 2.05) is 0 Å². The maximum atomic E-state index is 5.33. The van der Waals surface area contributed by atoms with E-state index in [1.54, 1.807) is 0 Å². The van der Waals surface area contributed by atoms with E-state index >= 15 is 0 Å². The van der Waals surface area contributed by atoms with Gasteiger partial charge in [0.15, 0.2) is 0 Å². The molecule has 1 heterocycles. The van der Waals surface area contributed by atoms with E-state index in [9.17, 15) is 0 Å². The molecule has 1 atom stereocenters. The van der Waals surface area contributed by atoms with Crippen LogP contribution in [-0.4, -0.2) is 6.61 Å². The predicted molar refractivity (Wildman–Crippen MR) is 34.9 cm³/mol. The van der Waals surface area contributed by atoms with E-state index in [4.69, 9.17) is 4.74 Å². The van der Waals surface area contributed by atoms with Crippen molar-refractivity contribution in [1.29, 1.82) is 0 Å². The second-order valence-electron chi connectivity index (χ2n) is 2.81. The van der Waals surface area contributed by atoms with Gasteiger partial charge in [0.05, 0.1) is 6.61 Å². The smallest absolute Gasteiger partial charge is 0.142 e. The molecule has 9 heavy (non-hydrogen) atoms. The van der Waals surface area contributed by atoms with Gasteiger partial charge in [-0.2, -0.15) is 0 Å². The Bertz CT molecular complexity index is 197. The molecule has 0 N–H and O–H groups in total. The van der Waals surface area contributed by atoms with Crippen LogP contribution in [0.2, 0.25) is 0 Å². The first-order chi connectivity index (χ1) is 4.36. The summed E-state index contributed by atoms with van der Waals surface area (Å²) in [6.45, 7) is 3.04. The highest BCUT2D eigenvalue weighted by Crippen LogP contribution is 2.33. The minimum absolute atomic E-state index is 0.699. The predicted octanol–water partition coefficient (Wildman–Crippen LogP) is 1.86. The Kier molecular flexibility index (Phi) is 0.940. The Morgan fingerprint density at radius 3 is 3.33 bits per heavy atom. The van der Waals surface area contributed by atoms with Crippen LogP contribution in [0.5, 0.6) is 0 Å². The van der Waals surface area contributed by atoms with Crippen molar-refractivity contribution in [2.24, 2.45) is 5.92 Å². The third-order valence-electron chi connectivity index (χ3n) is 1.98. The van der Waals surface area contributed by atoms with Crippen molar-refractivity contribution in [3.63, 3.8) is 0 Å². The fourth-order valence-corrected chi connectivity index (χ4v) is 1.52. The molecule has 0 aromatic heterocycles. The quantitative estimate of drug-likeness (QED) is 0.445. The molecule has 0 aromatic rings. The summed E-state index contributed by atoms with van der Waals surface area (Å²) in [5.41, 5.74) is 4.58. The molecule has 0 saturated carbocycles. The summed E-state index contributed by atoms with van der Waals surface area (Å²) in [5.74, 6) is 1.82. The minimum atomic E-state index is 0.699. The number of hydrogen-bond donors (Lipinski definition) is 0. The van der Waals surface area contributed by atoms with Crippen molar-refractivity contribution < 1.29 is 4.74 Å². The molecule has 0 radical (unpaired) electrons. The SMILES string of the molecule is CC1=C=C2OCCC2C1. The van der Waals surface area contributed by atoms with E-state index in [0.29, 0.717) is 5.92 Å². The molecule has 2 rings (SSSR count). The van der Waals surface area contributed by atoms with Gasteiger partial charge in [0, 0.05) is 5.92 Å². The zero-order valence-corrected chi connectivity index (χ0v) is 5.61. The van der Waals surface area contributed by atoms with Crippen LogP contribution >= 0.6 is 0 Å². The molecule has 1 unspecified atom stereocenters. The highest BCUT2D eigenvalue weighted by atomic mass is 16.5. The van der Waals surface area contributed by atoms with Gasteiger partial charge in [-0.3, -0.25) is 0 Å². The van der Waals surface area contributed by atoms with Crippen LogP contribution in [0.1, 0.15) is 19.8 Å². The summed E-state index contributed by atoms with van der Waals surface area (Å²) >= 11 is 0. The van der Waals surface area contributed by atoms with Crippen molar-refractivity contribution in [2.75, 3.05) is 6.61 Å². The van der Waals surface area contributed by atoms with Crippen molar-refractivity contribution in [1.82, 2.24) is 0 Å². The maximum Gasteiger partial charge on any atom is 0.142 e. The molecule has 2 aliphatic rings. The first-order valence-corrected chi connectivity index (χ1v) is 3.45. The summed E-state index contributed by atoms with van der Waals surface area (Å²) in [4.78, 5) is 0. The van der Waals surface area contributed by atoms with E-state index in [-0.39, 0.29) is 0 Å². The van der Waals surface area contributed by atoms with Gasteiger partial charge in [0.1, 0.15) is 5.76 Å². The molecule has 0 spiro atoms. The number of fused-ring (bicyclic) bond motifs is 1. The third-order valence-corrected chi connectivity index (χ3v) is 1.98. The van der Waals surface area contributed by atoms with Crippen LogP contribution in [0.25, 0.3) is 0 Å². The van der Waals surface area contributed by atoms with Crippen molar-refractivity contribution >= 4 is 0 Å². The molecule has 0 aromatic carbocycles. The van der Waals surface area contributed by atoms with Crippen LogP contribution in [0.3, 0.4) is 0 Å². The van der Waals surface area contributed by atoms with Gasteiger partial charge >= 0.3 is 0 Å². The van der Waals surface area contributed by atoms with Crippen LogP contribution < -0.4 is 0 Å². The van der Waals surface area contributed by atoms with Crippen molar-refractivity contribution in [3.05, 3.63) is 17.1 Å². The first kappa shape index (κ1) is 5.13. The minimum Gasteiger partial charge on any atom is -0.490 e. The van der Waals surface area contributed by atoms with E-state index in [2.05, 4.69) is 12.7 Å². The summed E-state index contributed by atoms with van der Waals surface area (Å²) in [6.07, 6.45) is 2.40. The van der Waals surface area contributed by atoms with Gasteiger partial charge < -0.3 is 4.74 Å². The molecular formula is C8H10O. The fraction of sp³-hybridized carbons (Fsp3) is 0.625. The maximum absolute atomic E-state index is 5.33. The largest absolute Gasteiger partial charge is 0.490 e.